The molecular formula is C10H7NO5. The minimum absolute atomic E-state index is 0.00250. The third-order valence-electron chi connectivity index (χ3n) is 2.48. The summed E-state index contributed by atoms with van der Waals surface area (Å²) in [4.78, 5) is 34.0. The van der Waals surface area contributed by atoms with Crippen molar-refractivity contribution >= 4 is 17.9 Å². The van der Waals surface area contributed by atoms with E-state index in [-0.39, 0.29) is 27.3 Å². The number of phenols is 1. The highest BCUT2D eigenvalue weighted by Crippen LogP contribution is 2.30. The first-order valence-corrected chi connectivity index (χ1v) is 4.39. The van der Waals surface area contributed by atoms with Crippen LogP contribution < -0.4 is 0 Å². The fourth-order valence-corrected chi connectivity index (χ4v) is 1.65. The van der Waals surface area contributed by atoms with Gasteiger partial charge >= 0.3 is 6.09 Å². The third kappa shape index (κ3) is 1.10. The molecule has 0 saturated carbocycles. The Hall–Kier alpha value is -2.37. The molecule has 0 saturated heterocycles. The van der Waals surface area contributed by atoms with Gasteiger partial charge in [-0.2, -0.15) is 4.90 Å². The number of hydrogen-bond donors (Lipinski definition) is 2. The summed E-state index contributed by atoms with van der Waals surface area (Å²) in [5.74, 6) is -1.94. The van der Waals surface area contributed by atoms with Gasteiger partial charge in [0.25, 0.3) is 11.8 Å². The molecule has 1 aliphatic rings. The number of hydrogen-bond acceptors (Lipinski definition) is 4. The minimum atomic E-state index is -1.62. The Kier molecular flexibility index (Phi) is 1.94. The number of carbonyl (C=O) groups is 3. The number of phenolic OH excluding ortho intramolecular Hbond substituents is 1. The summed E-state index contributed by atoms with van der Waals surface area (Å²) in [6, 6.07) is 2.49. The minimum Gasteiger partial charge on any atom is -0.508 e. The number of imide groups is 3. The van der Waals surface area contributed by atoms with E-state index in [1.165, 1.54) is 19.1 Å². The molecule has 16 heavy (non-hydrogen) atoms. The van der Waals surface area contributed by atoms with Gasteiger partial charge in [-0.1, -0.05) is 0 Å². The molecule has 3 amide bonds. The van der Waals surface area contributed by atoms with E-state index >= 15 is 0 Å². The van der Waals surface area contributed by atoms with Crippen LogP contribution in [0.2, 0.25) is 0 Å². The van der Waals surface area contributed by atoms with Crippen molar-refractivity contribution in [3.63, 3.8) is 0 Å². The summed E-state index contributed by atoms with van der Waals surface area (Å²) >= 11 is 0. The molecule has 1 aliphatic heterocycles. The Morgan fingerprint density at radius 3 is 2.44 bits per heavy atom. The molecule has 82 valence electrons. The highest BCUT2D eigenvalue weighted by molar-refractivity contribution is 6.28. The van der Waals surface area contributed by atoms with E-state index in [0.29, 0.717) is 0 Å². The van der Waals surface area contributed by atoms with E-state index in [9.17, 15) is 19.5 Å². The monoisotopic (exact) mass is 221 g/mol. The second kappa shape index (κ2) is 3.06. The molecule has 0 aromatic heterocycles. The number of amides is 3. The summed E-state index contributed by atoms with van der Waals surface area (Å²) in [6.45, 7) is 1.45. The molecule has 0 unspecified atom stereocenters. The van der Waals surface area contributed by atoms with Crippen molar-refractivity contribution in [2.45, 2.75) is 6.92 Å². The molecule has 0 bridgehead atoms. The van der Waals surface area contributed by atoms with E-state index in [0.717, 1.165) is 0 Å². The fraction of sp³-hybridized carbons (Fsp3) is 0.100. The quantitative estimate of drug-likeness (QED) is 0.636. The molecule has 0 spiro atoms. The lowest BCUT2D eigenvalue weighted by atomic mass is 10.0. The van der Waals surface area contributed by atoms with E-state index in [1.807, 2.05) is 0 Å². The van der Waals surface area contributed by atoms with Gasteiger partial charge < -0.3 is 10.2 Å². The molecule has 6 heteroatoms. The number of nitrogens with zero attached hydrogens (tertiary/aromatic N) is 1. The van der Waals surface area contributed by atoms with Crippen LogP contribution in [0.3, 0.4) is 0 Å². The zero-order valence-corrected chi connectivity index (χ0v) is 8.22. The number of benzene rings is 1. The lowest BCUT2D eigenvalue weighted by molar-refractivity contribution is 0.0651. The van der Waals surface area contributed by atoms with Crippen molar-refractivity contribution in [3.8, 4) is 5.75 Å². The van der Waals surface area contributed by atoms with Crippen molar-refractivity contribution in [2.24, 2.45) is 0 Å². The predicted molar refractivity (Wildman–Crippen MR) is 51.4 cm³/mol. The number of rotatable bonds is 0. The van der Waals surface area contributed by atoms with Crippen molar-refractivity contribution < 1.29 is 24.6 Å². The molecule has 1 aromatic rings. The van der Waals surface area contributed by atoms with Crippen LogP contribution in [0, 0.1) is 6.92 Å². The van der Waals surface area contributed by atoms with Crippen LogP contribution in [0.25, 0.3) is 0 Å². The zero-order chi connectivity index (χ0) is 12.0. The van der Waals surface area contributed by atoms with Gasteiger partial charge in [0.15, 0.2) is 0 Å². The van der Waals surface area contributed by atoms with Crippen LogP contribution in [0.4, 0.5) is 4.79 Å². The summed E-state index contributed by atoms with van der Waals surface area (Å²) in [5.41, 5.74) is 0.162. The first-order chi connectivity index (χ1) is 7.45. The number of fused-ring (bicyclic) bond motifs is 1. The molecule has 0 radical (unpaired) electrons. The van der Waals surface area contributed by atoms with E-state index in [4.69, 9.17) is 5.11 Å². The molecule has 1 heterocycles. The standard InChI is InChI=1S/C10H7NO5/c1-4-6(12)3-2-5-7(4)9(14)11(8(5)13)10(15)16/h2-3,12H,1H3,(H,15,16). The van der Waals surface area contributed by atoms with Crippen LogP contribution >= 0.6 is 0 Å². The zero-order valence-electron chi connectivity index (χ0n) is 8.22. The Morgan fingerprint density at radius 2 is 1.88 bits per heavy atom. The summed E-state index contributed by atoms with van der Waals surface area (Å²) in [5, 5.41) is 18.1. The van der Waals surface area contributed by atoms with E-state index in [1.54, 1.807) is 0 Å². The SMILES string of the molecule is Cc1c(O)ccc2c1C(=O)N(C(=O)O)C2=O. The second-order valence-corrected chi connectivity index (χ2v) is 3.36. The lowest BCUT2D eigenvalue weighted by Crippen LogP contribution is -2.34. The molecule has 2 rings (SSSR count). The van der Waals surface area contributed by atoms with Crippen LogP contribution in [0.15, 0.2) is 12.1 Å². The van der Waals surface area contributed by atoms with Gasteiger partial charge in [0.05, 0.1) is 11.1 Å². The molecule has 1 aromatic carbocycles. The van der Waals surface area contributed by atoms with Crippen molar-refractivity contribution in [2.75, 3.05) is 0 Å². The van der Waals surface area contributed by atoms with Crippen LogP contribution in [-0.4, -0.2) is 33.0 Å². The van der Waals surface area contributed by atoms with Gasteiger partial charge in [-0.25, -0.2) is 4.79 Å². The molecule has 0 fully saturated rings. The van der Waals surface area contributed by atoms with E-state index < -0.39 is 17.9 Å². The summed E-state index contributed by atoms with van der Waals surface area (Å²) in [6.07, 6.45) is -1.62. The maximum atomic E-state index is 11.6. The van der Waals surface area contributed by atoms with Gasteiger partial charge in [-0.05, 0) is 19.1 Å². The topological polar surface area (TPSA) is 94.9 Å². The average molecular weight is 221 g/mol. The molecule has 6 nitrogen and oxygen atoms in total. The third-order valence-corrected chi connectivity index (χ3v) is 2.48. The lowest BCUT2D eigenvalue weighted by Gasteiger charge is -2.05. The van der Waals surface area contributed by atoms with Gasteiger partial charge in [0.1, 0.15) is 5.75 Å². The Labute approximate surface area is 89.7 Å². The smallest absolute Gasteiger partial charge is 0.421 e. The van der Waals surface area contributed by atoms with Gasteiger partial charge in [-0.15, -0.1) is 0 Å². The second-order valence-electron chi connectivity index (χ2n) is 3.36. The van der Waals surface area contributed by atoms with Crippen molar-refractivity contribution in [1.82, 2.24) is 4.90 Å². The summed E-state index contributed by atoms with van der Waals surface area (Å²) < 4.78 is 0. The van der Waals surface area contributed by atoms with Gasteiger partial charge in [0, 0.05) is 5.56 Å². The van der Waals surface area contributed by atoms with Crippen LogP contribution in [0.1, 0.15) is 26.3 Å². The highest BCUT2D eigenvalue weighted by atomic mass is 16.4. The molecular weight excluding hydrogens is 214 g/mol. The molecule has 0 atom stereocenters. The average Bonchev–Trinajstić information content (AvgIpc) is 2.45. The first kappa shape index (κ1) is 10.2. The fourth-order valence-electron chi connectivity index (χ4n) is 1.65. The summed E-state index contributed by atoms with van der Waals surface area (Å²) in [7, 11) is 0. The van der Waals surface area contributed by atoms with Gasteiger partial charge in [0.2, 0.25) is 0 Å². The van der Waals surface area contributed by atoms with Crippen molar-refractivity contribution in [1.29, 1.82) is 0 Å². The van der Waals surface area contributed by atoms with Crippen molar-refractivity contribution in [3.05, 3.63) is 28.8 Å². The normalized spacial score (nSPS) is 14.2. The number of aromatic hydroxyl groups is 1. The van der Waals surface area contributed by atoms with Crippen LogP contribution in [-0.2, 0) is 0 Å². The number of carbonyl (C=O) groups excluding carboxylic acids is 2. The van der Waals surface area contributed by atoms with E-state index in [2.05, 4.69) is 0 Å². The van der Waals surface area contributed by atoms with Crippen LogP contribution in [0.5, 0.6) is 5.75 Å². The Morgan fingerprint density at radius 1 is 1.25 bits per heavy atom. The Balaban J connectivity index is 2.69. The molecule has 0 aliphatic carbocycles. The largest absolute Gasteiger partial charge is 0.508 e. The predicted octanol–water partition coefficient (Wildman–Crippen LogP) is 0.975. The highest BCUT2D eigenvalue weighted by Gasteiger charge is 2.41. The Bertz CT molecular complexity index is 534. The molecule has 2 N–H and O–H groups in total. The van der Waals surface area contributed by atoms with Gasteiger partial charge in [-0.3, -0.25) is 9.59 Å². The maximum absolute atomic E-state index is 11.6. The number of carboxylic acid groups (broad SMARTS) is 1. The first-order valence-electron chi connectivity index (χ1n) is 4.39. The maximum Gasteiger partial charge on any atom is 0.421 e.